The van der Waals surface area contributed by atoms with Crippen LogP contribution in [-0.2, 0) is 6.61 Å². The highest BCUT2D eigenvalue weighted by molar-refractivity contribution is 5.95. The molecular weight excluding hydrogens is 276 g/mol. The second-order valence-corrected chi connectivity index (χ2v) is 5.14. The van der Waals surface area contributed by atoms with E-state index >= 15 is 0 Å². The zero-order valence-electron chi connectivity index (χ0n) is 12.8. The van der Waals surface area contributed by atoms with Gasteiger partial charge in [0.15, 0.2) is 0 Å². The second kappa shape index (κ2) is 8.08. The molecule has 1 amide bonds. The number of hydrogen-bond acceptors (Lipinski definition) is 3. The number of rotatable bonds is 7. The van der Waals surface area contributed by atoms with Crippen molar-refractivity contribution in [3.8, 4) is 5.75 Å². The van der Waals surface area contributed by atoms with E-state index in [0.717, 1.165) is 18.4 Å². The molecule has 0 saturated heterocycles. The molecule has 0 aromatic heterocycles. The number of hydrogen-bond donors (Lipinski definition) is 2. The van der Waals surface area contributed by atoms with E-state index in [-0.39, 0.29) is 5.91 Å². The number of benzene rings is 2. The molecule has 0 fully saturated rings. The first kappa shape index (κ1) is 15.9. The van der Waals surface area contributed by atoms with E-state index in [0.29, 0.717) is 30.2 Å². The van der Waals surface area contributed by atoms with Gasteiger partial charge in [0.05, 0.1) is 5.69 Å². The number of nitrogens with one attached hydrogen (secondary N) is 1. The summed E-state index contributed by atoms with van der Waals surface area (Å²) in [6, 6.07) is 15.0. The predicted octanol–water partition coefficient (Wildman–Crippen LogP) is 3.38. The van der Waals surface area contributed by atoms with Gasteiger partial charge in [-0.1, -0.05) is 43.7 Å². The van der Waals surface area contributed by atoms with E-state index in [1.165, 1.54) is 0 Å². The third-order valence-electron chi connectivity index (χ3n) is 3.33. The Hall–Kier alpha value is -2.49. The van der Waals surface area contributed by atoms with Crippen LogP contribution in [-0.4, -0.2) is 12.5 Å². The van der Waals surface area contributed by atoms with E-state index in [4.69, 9.17) is 10.5 Å². The Bertz CT molecular complexity index is 612. The van der Waals surface area contributed by atoms with Gasteiger partial charge in [-0.3, -0.25) is 4.79 Å². The van der Waals surface area contributed by atoms with Crippen LogP contribution in [0.5, 0.6) is 5.75 Å². The molecule has 0 saturated carbocycles. The fourth-order valence-electron chi connectivity index (χ4n) is 2.04. The van der Waals surface area contributed by atoms with Crippen molar-refractivity contribution in [2.24, 2.45) is 0 Å². The quantitative estimate of drug-likeness (QED) is 0.608. The lowest BCUT2D eigenvalue weighted by atomic mass is 10.1. The molecule has 0 radical (unpaired) electrons. The molecule has 0 spiro atoms. The van der Waals surface area contributed by atoms with Crippen LogP contribution in [0, 0.1) is 0 Å². The lowest BCUT2D eigenvalue weighted by Crippen LogP contribution is -2.24. The van der Waals surface area contributed by atoms with Gasteiger partial charge in [0.25, 0.3) is 5.91 Å². The van der Waals surface area contributed by atoms with Crippen molar-refractivity contribution in [2.75, 3.05) is 12.3 Å². The molecule has 116 valence electrons. The Morgan fingerprint density at radius 1 is 1.18 bits per heavy atom. The number of unbranched alkanes of at least 4 members (excludes halogenated alkanes) is 1. The molecule has 0 aliphatic carbocycles. The van der Waals surface area contributed by atoms with E-state index in [9.17, 15) is 4.79 Å². The number of nitrogens with two attached hydrogens (primary N) is 1. The van der Waals surface area contributed by atoms with Crippen molar-refractivity contribution < 1.29 is 9.53 Å². The monoisotopic (exact) mass is 298 g/mol. The molecule has 2 rings (SSSR count). The number of carbonyl (C=O) groups excluding carboxylic acids is 1. The summed E-state index contributed by atoms with van der Waals surface area (Å²) >= 11 is 0. The van der Waals surface area contributed by atoms with Crippen molar-refractivity contribution in [3.05, 3.63) is 59.7 Å². The van der Waals surface area contributed by atoms with Crippen LogP contribution >= 0.6 is 0 Å². The van der Waals surface area contributed by atoms with Crippen LogP contribution in [0.3, 0.4) is 0 Å². The Morgan fingerprint density at radius 2 is 1.95 bits per heavy atom. The second-order valence-electron chi connectivity index (χ2n) is 5.14. The van der Waals surface area contributed by atoms with E-state index in [1.807, 2.05) is 30.3 Å². The van der Waals surface area contributed by atoms with Gasteiger partial charge in [0, 0.05) is 12.1 Å². The minimum absolute atomic E-state index is 0.102. The lowest BCUT2D eigenvalue weighted by molar-refractivity contribution is 0.0953. The van der Waals surface area contributed by atoms with Crippen molar-refractivity contribution in [2.45, 2.75) is 26.4 Å². The zero-order chi connectivity index (χ0) is 15.8. The summed E-state index contributed by atoms with van der Waals surface area (Å²) in [7, 11) is 0. The highest BCUT2D eigenvalue weighted by atomic mass is 16.5. The Morgan fingerprint density at radius 3 is 2.64 bits per heavy atom. The van der Waals surface area contributed by atoms with Crippen LogP contribution < -0.4 is 15.8 Å². The van der Waals surface area contributed by atoms with Crippen LogP contribution in [0.25, 0.3) is 0 Å². The first-order chi connectivity index (χ1) is 10.7. The molecule has 4 nitrogen and oxygen atoms in total. The van der Waals surface area contributed by atoms with Gasteiger partial charge in [0.2, 0.25) is 0 Å². The molecule has 22 heavy (non-hydrogen) atoms. The minimum Gasteiger partial charge on any atom is -0.487 e. The maximum Gasteiger partial charge on any atom is 0.251 e. The summed E-state index contributed by atoms with van der Waals surface area (Å²) in [5.41, 5.74) is 8.07. The van der Waals surface area contributed by atoms with Gasteiger partial charge in [-0.05, 0) is 30.2 Å². The maximum absolute atomic E-state index is 12.0. The summed E-state index contributed by atoms with van der Waals surface area (Å²) in [6.07, 6.45) is 2.02. The van der Waals surface area contributed by atoms with Gasteiger partial charge in [-0.2, -0.15) is 0 Å². The Labute approximate surface area is 131 Å². The predicted molar refractivity (Wildman–Crippen MR) is 88.9 cm³/mol. The number of nitrogen functional groups attached to an aromatic ring is 1. The molecule has 3 N–H and O–H groups in total. The first-order valence-electron chi connectivity index (χ1n) is 7.55. The molecule has 0 atom stereocenters. The molecule has 0 aliphatic heterocycles. The van der Waals surface area contributed by atoms with Crippen molar-refractivity contribution >= 4 is 11.6 Å². The van der Waals surface area contributed by atoms with Crippen molar-refractivity contribution in [1.82, 2.24) is 5.32 Å². The van der Waals surface area contributed by atoms with Crippen molar-refractivity contribution in [3.63, 3.8) is 0 Å². The van der Waals surface area contributed by atoms with E-state index < -0.39 is 0 Å². The van der Waals surface area contributed by atoms with Gasteiger partial charge >= 0.3 is 0 Å². The molecule has 4 heteroatoms. The molecule has 0 heterocycles. The normalized spacial score (nSPS) is 10.2. The average molecular weight is 298 g/mol. The topological polar surface area (TPSA) is 64.3 Å². The Kier molecular flexibility index (Phi) is 5.83. The average Bonchev–Trinajstić information content (AvgIpc) is 2.54. The Balaban J connectivity index is 1.96. The fraction of sp³-hybridized carbons (Fsp3) is 0.278. The van der Waals surface area contributed by atoms with Gasteiger partial charge in [0.1, 0.15) is 12.4 Å². The highest BCUT2D eigenvalue weighted by Gasteiger charge is 2.08. The van der Waals surface area contributed by atoms with Crippen LogP contribution in [0.2, 0.25) is 0 Å². The van der Waals surface area contributed by atoms with Gasteiger partial charge in [-0.25, -0.2) is 0 Å². The van der Waals surface area contributed by atoms with Crippen molar-refractivity contribution in [1.29, 1.82) is 0 Å². The maximum atomic E-state index is 12.0. The lowest BCUT2D eigenvalue weighted by Gasteiger charge is -2.11. The third kappa shape index (κ3) is 4.52. The van der Waals surface area contributed by atoms with Crippen LogP contribution in [0.4, 0.5) is 5.69 Å². The largest absolute Gasteiger partial charge is 0.487 e. The molecule has 0 aliphatic rings. The third-order valence-corrected chi connectivity index (χ3v) is 3.33. The van der Waals surface area contributed by atoms with Crippen LogP contribution in [0.1, 0.15) is 35.7 Å². The van der Waals surface area contributed by atoms with E-state index in [1.54, 1.807) is 18.2 Å². The molecule has 2 aromatic carbocycles. The SMILES string of the molecule is CCCCNC(=O)c1ccc(OCc2ccccc2)c(N)c1. The molecule has 0 unspecified atom stereocenters. The first-order valence-corrected chi connectivity index (χ1v) is 7.55. The number of amides is 1. The van der Waals surface area contributed by atoms with E-state index in [2.05, 4.69) is 12.2 Å². The number of ether oxygens (including phenoxy) is 1. The smallest absolute Gasteiger partial charge is 0.251 e. The molecule has 0 bridgehead atoms. The fourth-order valence-corrected chi connectivity index (χ4v) is 2.04. The van der Waals surface area contributed by atoms with Gasteiger partial charge < -0.3 is 15.8 Å². The molecule has 2 aromatic rings. The van der Waals surface area contributed by atoms with Crippen LogP contribution in [0.15, 0.2) is 48.5 Å². The molecular formula is C18H22N2O2. The number of anilines is 1. The minimum atomic E-state index is -0.102. The number of carbonyl (C=O) groups is 1. The summed E-state index contributed by atoms with van der Waals surface area (Å²) in [4.78, 5) is 12.0. The summed E-state index contributed by atoms with van der Waals surface area (Å²) in [6.45, 7) is 3.22. The zero-order valence-corrected chi connectivity index (χ0v) is 12.8. The summed E-state index contributed by atoms with van der Waals surface area (Å²) in [5.74, 6) is 0.490. The van der Waals surface area contributed by atoms with Gasteiger partial charge in [-0.15, -0.1) is 0 Å². The highest BCUT2D eigenvalue weighted by Crippen LogP contribution is 2.23. The summed E-state index contributed by atoms with van der Waals surface area (Å²) in [5, 5.41) is 2.87. The standard InChI is InChI=1S/C18H22N2O2/c1-2-3-11-20-18(21)15-9-10-17(16(19)12-15)22-13-14-7-5-4-6-8-14/h4-10,12H,2-3,11,13,19H2,1H3,(H,20,21). The summed E-state index contributed by atoms with van der Waals surface area (Å²) < 4.78 is 5.70.